The van der Waals surface area contributed by atoms with E-state index in [4.69, 9.17) is 14.9 Å². The van der Waals surface area contributed by atoms with E-state index in [0.29, 0.717) is 37.2 Å². The number of amidine groups is 1. The van der Waals surface area contributed by atoms with Crippen LogP contribution in [-0.2, 0) is 14.4 Å². The molecule has 1 rings (SSSR count). The monoisotopic (exact) mass is 399 g/mol. The van der Waals surface area contributed by atoms with E-state index in [2.05, 4.69) is 18.3 Å². The van der Waals surface area contributed by atoms with Crippen LogP contribution in [-0.4, -0.2) is 41.5 Å². The van der Waals surface area contributed by atoms with Crippen LogP contribution in [0.5, 0.6) is 0 Å². The van der Waals surface area contributed by atoms with E-state index in [-0.39, 0.29) is 12.3 Å². The lowest BCUT2D eigenvalue weighted by Gasteiger charge is -2.20. The lowest BCUT2D eigenvalue weighted by atomic mass is 10.00. The summed E-state index contributed by atoms with van der Waals surface area (Å²) in [6.45, 7) is 11.4. The second-order valence-corrected chi connectivity index (χ2v) is 6.57. The van der Waals surface area contributed by atoms with Gasteiger partial charge in [-0.15, -0.1) is 0 Å². The molecule has 1 amide bonds. The molecule has 7 nitrogen and oxygen atoms in total. The Balaban J connectivity index is 3.26. The molecule has 0 saturated heterocycles. The SMILES string of the molecule is C=CC(=C)N(C=O)/C(CCCCC(=O)O)=N\c1cc(C(C)/C=N\OC)ccc1C. The molecule has 0 heterocycles. The molecule has 1 unspecified atom stereocenters. The first-order valence-corrected chi connectivity index (χ1v) is 9.36. The summed E-state index contributed by atoms with van der Waals surface area (Å²) >= 11 is 0. The molecule has 29 heavy (non-hydrogen) atoms. The van der Waals surface area contributed by atoms with Gasteiger partial charge in [-0.1, -0.05) is 37.4 Å². The Bertz CT molecular complexity index is 799. The molecule has 0 bridgehead atoms. The van der Waals surface area contributed by atoms with Gasteiger partial charge in [0.15, 0.2) is 0 Å². The van der Waals surface area contributed by atoms with Crippen molar-refractivity contribution >= 4 is 30.1 Å². The van der Waals surface area contributed by atoms with Crippen LogP contribution >= 0.6 is 0 Å². The van der Waals surface area contributed by atoms with E-state index in [9.17, 15) is 9.59 Å². The van der Waals surface area contributed by atoms with Gasteiger partial charge in [0.2, 0.25) is 6.41 Å². The van der Waals surface area contributed by atoms with Crippen molar-refractivity contribution in [1.29, 1.82) is 0 Å². The van der Waals surface area contributed by atoms with Crippen molar-refractivity contribution in [1.82, 2.24) is 4.90 Å². The molecule has 1 aromatic rings. The van der Waals surface area contributed by atoms with Crippen LogP contribution < -0.4 is 0 Å². The van der Waals surface area contributed by atoms with Crippen LogP contribution in [0.4, 0.5) is 5.69 Å². The van der Waals surface area contributed by atoms with Gasteiger partial charge in [0.25, 0.3) is 0 Å². The molecule has 0 fully saturated rings. The number of aliphatic imine (C=N–C) groups is 1. The van der Waals surface area contributed by atoms with Gasteiger partial charge < -0.3 is 9.94 Å². The first kappa shape index (κ1) is 23.8. The van der Waals surface area contributed by atoms with Gasteiger partial charge in [-0.05, 0) is 43.0 Å². The molecule has 0 aliphatic heterocycles. The quantitative estimate of drug-likeness (QED) is 0.139. The van der Waals surface area contributed by atoms with Crippen LogP contribution in [0.15, 0.2) is 53.3 Å². The number of unbranched alkanes of at least 4 members (excludes halogenated alkanes) is 1. The predicted octanol–water partition coefficient (Wildman–Crippen LogP) is 4.56. The third-order valence-corrected chi connectivity index (χ3v) is 4.37. The number of amides is 1. The summed E-state index contributed by atoms with van der Waals surface area (Å²) in [5, 5.41) is 12.6. The number of aliphatic carboxylic acids is 1. The highest BCUT2D eigenvalue weighted by Crippen LogP contribution is 2.26. The first-order valence-electron chi connectivity index (χ1n) is 9.36. The minimum atomic E-state index is -0.846. The smallest absolute Gasteiger partial charge is 0.303 e. The average molecular weight is 399 g/mol. The minimum absolute atomic E-state index is 0.0221. The van der Waals surface area contributed by atoms with Crippen molar-refractivity contribution in [3.05, 3.63) is 54.3 Å². The number of carboxylic acid groups (broad SMARTS) is 1. The van der Waals surface area contributed by atoms with Crippen LogP contribution in [0.25, 0.3) is 0 Å². The van der Waals surface area contributed by atoms with Gasteiger partial charge in [-0.2, -0.15) is 0 Å². The molecule has 1 atom stereocenters. The first-order chi connectivity index (χ1) is 13.8. The van der Waals surface area contributed by atoms with Crippen molar-refractivity contribution in [2.24, 2.45) is 10.1 Å². The summed E-state index contributed by atoms with van der Waals surface area (Å²) in [5.74, 6) is -0.330. The lowest BCUT2D eigenvalue weighted by molar-refractivity contribution is -0.137. The molecule has 0 saturated carbocycles. The van der Waals surface area contributed by atoms with E-state index >= 15 is 0 Å². The maximum atomic E-state index is 11.7. The highest BCUT2D eigenvalue weighted by Gasteiger charge is 2.14. The number of carbonyl (C=O) groups is 2. The summed E-state index contributed by atoms with van der Waals surface area (Å²) in [4.78, 5) is 33.2. The number of aryl methyl sites for hydroxylation is 1. The summed E-state index contributed by atoms with van der Waals surface area (Å²) < 4.78 is 0. The molecule has 0 aromatic heterocycles. The lowest BCUT2D eigenvalue weighted by Crippen LogP contribution is -2.27. The molecule has 0 aliphatic rings. The molecular formula is C22H29N3O4. The highest BCUT2D eigenvalue weighted by atomic mass is 16.6. The summed E-state index contributed by atoms with van der Waals surface area (Å²) in [7, 11) is 1.49. The van der Waals surface area contributed by atoms with Crippen molar-refractivity contribution in [2.45, 2.75) is 45.4 Å². The second-order valence-electron chi connectivity index (χ2n) is 6.57. The van der Waals surface area contributed by atoms with Crippen LogP contribution in [0.3, 0.4) is 0 Å². The summed E-state index contributed by atoms with van der Waals surface area (Å²) in [6, 6.07) is 5.90. The Labute approximate surface area is 172 Å². The van der Waals surface area contributed by atoms with Gasteiger partial charge >= 0.3 is 5.97 Å². The molecule has 0 radical (unpaired) electrons. The van der Waals surface area contributed by atoms with Crippen molar-refractivity contribution in [3.63, 3.8) is 0 Å². The van der Waals surface area contributed by atoms with Gasteiger partial charge in [-0.3, -0.25) is 14.5 Å². The normalized spacial score (nSPS) is 12.4. The fourth-order valence-corrected chi connectivity index (χ4v) is 2.59. The minimum Gasteiger partial charge on any atom is -0.481 e. The summed E-state index contributed by atoms with van der Waals surface area (Å²) in [6.07, 6.45) is 5.40. The van der Waals surface area contributed by atoms with E-state index in [1.165, 1.54) is 18.1 Å². The summed E-state index contributed by atoms with van der Waals surface area (Å²) in [5.41, 5.74) is 3.08. The number of benzene rings is 1. The number of oxime groups is 1. The van der Waals surface area contributed by atoms with Gasteiger partial charge in [0.05, 0.1) is 11.9 Å². The highest BCUT2D eigenvalue weighted by molar-refractivity contribution is 5.95. The predicted molar refractivity (Wildman–Crippen MR) is 116 cm³/mol. The third-order valence-electron chi connectivity index (χ3n) is 4.37. The van der Waals surface area contributed by atoms with E-state index in [1.54, 1.807) is 6.21 Å². The number of carbonyl (C=O) groups excluding carboxylic acids is 1. The molecule has 7 heteroatoms. The van der Waals surface area contributed by atoms with Gasteiger partial charge in [-0.25, -0.2) is 4.99 Å². The Morgan fingerprint density at radius 2 is 2.03 bits per heavy atom. The van der Waals surface area contributed by atoms with Gasteiger partial charge in [0, 0.05) is 24.5 Å². The Hall–Kier alpha value is -3.22. The van der Waals surface area contributed by atoms with Gasteiger partial charge in [0.1, 0.15) is 12.9 Å². The van der Waals surface area contributed by atoms with Crippen molar-refractivity contribution in [3.8, 4) is 0 Å². The van der Waals surface area contributed by atoms with Crippen LogP contribution in [0.2, 0.25) is 0 Å². The zero-order valence-corrected chi connectivity index (χ0v) is 17.3. The molecule has 1 aromatic carbocycles. The maximum Gasteiger partial charge on any atom is 0.303 e. The zero-order valence-electron chi connectivity index (χ0n) is 17.3. The van der Waals surface area contributed by atoms with Crippen molar-refractivity contribution in [2.75, 3.05) is 7.11 Å². The fourth-order valence-electron chi connectivity index (χ4n) is 2.59. The largest absolute Gasteiger partial charge is 0.481 e. The van der Waals surface area contributed by atoms with Crippen LogP contribution in [0.1, 0.15) is 49.7 Å². The number of carboxylic acids is 1. The average Bonchev–Trinajstić information content (AvgIpc) is 2.70. The molecule has 156 valence electrons. The Morgan fingerprint density at radius 1 is 1.34 bits per heavy atom. The standard InChI is InChI=1S/C22H29N3O4/c1-6-18(4)25(15-26)21(9-7-8-10-22(27)28)24-20-13-19(12-11-16(20)2)17(3)14-23-29-5/h6,11-15,17H,1,4,7-10H2,2-3,5H3,(H,27,28)/b23-14-,24-21-. The second kappa shape index (κ2) is 12.3. The Kier molecular flexibility index (Phi) is 10.1. The van der Waals surface area contributed by atoms with Crippen LogP contribution in [0, 0.1) is 6.92 Å². The maximum absolute atomic E-state index is 11.7. The van der Waals surface area contributed by atoms with E-state index < -0.39 is 5.97 Å². The molecular weight excluding hydrogens is 370 g/mol. The molecule has 1 N–H and O–H groups in total. The number of nitrogens with zero attached hydrogens (tertiary/aromatic N) is 3. The fraction of sp³-hybridized carbons (Fsp3) is 0.364. The van der Waals surface area contributed by atoms with E-state index in [1.807, 2.05) is 32.0 Å². The number of hydrogen-bond donors (Lipinski definition) is 1. The third kappa shape index (κ3) is 7.73. The Morgan fingerprint density at radius 3 is 2.62 bits per heavy atom. The number of hydrogen-bond acceptors (Lipinski definition) is 5. The molecule has 0 spiro atoms. The number of rotatable bonds is 12. The van der Waals surface area contributed by atoms with E-state index in [0.717, 1.165) is 16.8 Å². The molecule has 0 aliphatic carbocycles. The topological polar surface area (TPSA) is 91.6 Å². The van der Waals surface area contributed by atoms with Crippen molar-refractivity contribution < 1.29 is 19.5 Å². The zero-order chi connectivity index (χ0) is 21.8. The number of allylic oxidation sites excluding steroid dienone is 1.